The zero-order valence-corrected chi connectivity index (χ0v) is 18.9. The molecule has 2 aromatic carbocycles. The first-order chi connectivity index (χ1) is 15.5. The number of methoxy groups -OCH3 is 1. The second-order valence-corrected chi connectivity index (χ2v) is 8.53. The van der Waals surface area contributed by atoms with E-state index in [4.69, 9.17) is 4.74 Å². The highest BCUT2D eigenvalue weighted by Gasteiger charge is 2.26. The van der Waals surface area contributed by atoms with Gasteiger partial charge in [0.15, 0.2) is 5.82 Å². The minimum atomic E-state index is 0.0163. The molecule has 1 amide bonds. The van der Waals surface area contributed by atoms with Gasteiger partial charge in [-0.2, -0.15) is 0 Å². The molecule has 6 nitrogen and oxygen atoms in total. The third-order valence-electron chi connectivity index (χ3n) is 6.07. The summed E-state index contributed by atoms with van der Waals surface area (Å²) in [5.41, 5.74) is 3.97. The Morgan fingerprint density at radius 1 is 0.969 bits per heavy atom. The summed E-state index contributed by atoms with van der Waals surface area (Å²) < 4.78 is 5.20. The molecular weight excluding hydrogens is 400 g/mol. The predicted molar refractivity (Wildman–Crippen MR) is 128 cm³/mol. The lowest BCUT2D eigenvalue weighted by atomic mass is 9.95. The van der Waals surface area contributed by atoms with E-state index < -0.39 is 0 Å². The van der Waals surface area contributed by atoms with Crippen LogP contribution in [-0.2, 0) is 4.79 Å². The highest BCUT2D eigenvalue weighted by Crippen LogP contribution is 2.25. The van der Waals surface area contributed by atoms with Crippen LogP contribution < -0.4 is 15.0 Å². The SMILES string of the molecule is COc1ccc(-c2ccc(N3CCC(C(=O)Nc4ccc(C(C)C)cc4)CC3)nn2)cc1. The summed E-state index contributed by atoms with van der Waals surface area (Å²) in [5, 5.41) is 11.9. The number of piperidine rings is 1. The molecule has 1 aliphatic rings. The van der Waals surface area contributed by atoms with Crippen molar-refractivity contribution in [2.75, 3.05) is 30.4 Å². The molecule has 0 radical (unpaired) electrons. The Balaban J connectivity index is 1.31. The number of anilines is 2. The molecule has 32 heavy (non-hydrogen) atoms. The highest BCUT2D eigenvalue weighted by atomic mass is 16.5. The van der Waals surface area contributed by atoms with E-state index in [9.17, 15) is 4.79 Å². The molecule has 0 unspecified atom stereocenters. The van der Waals surface area contributed by atoms with Gasteiger partial charge in [0.05, 0.1) is 12.8 Å². The van der Waals surface area contributed by atoms with E-state index in [-0.39, 0.29) is 11.8 Å². The summed E-state index contributed by atoms with van der Waals surface area (Å²) in [6.07, 6.45) is 1.61. The van der Waals surface area contributed by atoms with E-state index in [1.54, 1.807) is 7.11 Å². The number of ether oxygens (including phenoxy) is 1. The molecule has 0 atom stereocenters. The monoisotopic (exact) mass is 430 g/mol. The third-order valence-corrected chi connectivity index (χ3v) is 6.07. The zero-order valence-electron chi connectivity index (χ0n) is 18.9. The molecule has 1 N–H and O–H groups in total. The summed E-state index contributed by atoms with van der Waals surface area (Å²) in [6.45, 7) is 5.92. The van der Waals surface area contributed by atoms with Crippen molar-refractivity contribution in [3.05, 3.63) is 66.2 Å². The van der Waals surface area contributed by atoms with Gasteiger partial charge in [0.2, 0.25) is 5.91 Å². The van der Waals surface area contributed by atoms with Crippen LogP contribution in [-0.4, -0.2) is 36.3 Å². The van der Waals surface area contributed by atoms with E-state index in [0.29, 0.717) is 5.92 Å². The molecule has 166 valence electrons. The van der Waals surface area contributed by atoms with Crippen molar-refractivity contribution in [3.63, 3.8) is 0 Å². The van der Waals surface area contributed by atoms with Crippen molar-refractivity contribution >= 4 is 17.4 Å². The number of hydrogen-bond donors (Lipinski definition) is 1. The molecule has 2 heterocycles. The predicted octanol–water partition coefficient (Wildman–Crippen LogP) is 5.13. The molecule has 6 heteroatoms. The van der Waals surface area contributed by atoms with Crippen molar-refractivity contribution in [2.45, 2.75) is 32.6 Å². The molecule has 0 bridgehead atoms. The van der Waals surface area contributed by atoms with Crippen LogP contribution in [0.5, 0.6) is 5.75 Å². The summed E-state index contributed by atoms with van der Waals surface area (Å²) in [6, 6.07) is 19.9. The highest BCUT2D eigenvalue weighted by molar-refractivity contribution is 5.92. The van der Waals surface area contributed by atoms with Crippen LogP contribution >= 0.6 is 0 Å². The van der Waals surface area contributed by atoms with E-state index in [0.717, 1.165) is 54.4 Å². The van der Waals surface area contributed by atoms with Gasteiger partial charge in [0.1, 0.15) is 5.75 Å². The first kappa shape index (κ1) is 21.8. The minimum absolute atomic E-state index is 0.0163. The maximum atomic E-state index is 12.7. The summed E-state index contributed by atoms with van der Waals surface area (Å²) in [7, 11) is 1.65. The molecule has 1 fully saturated rings. The number of nitrogens with zero attached hydrogens (tertiary/aromatic N) is 3. The maximum Gasteiger partial charge on any atom is 0.227 e. The number of amides is 1. The van der Waals surface area contributed by atoms with Crippen LogP contribution in [0.3, 0.4) is 0 Å². The topological polar surface area (TPSA) is 67.3 Å². The van der Waals surface area contributed by atoms with E-state index in [1.807, 2.05) is 48.5 Å². The lowest BCUT2D eigenvalue weighted by molar-refractivity contribution is -0.120. The molecule has 0 spiro atoms. The van der Waals surface area contributed by atoms with Crippen LogP contribution in [0.25, 0.3) is 11.3 Å². The number of carbonyl (C=O) groups excluding carboxylic acids is 1. The lowest BCUT2D eigenvalue weighted by Gasteiger charge is -2.31. The van der Waals surface area contributed by atoms with Crippen molar-refractivity contribution in [2.24, 2.45) is 5.92 Å². The van der Waals surface area contributed by atoms with Gasteiger partial charge in [-0.05, 0) is 72.9 Å². The van der Waals surface area contributed by atoms with Crippen molar-refractivity contribution in [3.8, 4) is 17.0 Å². The van der Waals surface area contributed by atoms with Gasteiger partial charge in [-0.15, -0.1) is 10.2 Å². The average Bonchev–Trinajstić information content (AvgIpc) is 2.84. The Morgan fingerprint density at radius 3 is 2.22 bits per heavy atom. The molecule has 1 saturated heterocycles. The van der Waals surface area contributed by atoms with Crippen LogP contribution in [0.4, 0.5) is 11.5 Å². The quantitative estimate of drug-likeness (QED) is 0.587. The summed E-state index contributed by atoms with van der Waals surface area (Å²) in [4.78, 5) is 14.9. The second kappa shape index (κ2) is 9.81. The van der Waals surface area contributed by atoms with Gasteiger partial charge in [-0.1, -0.05) is 26.0 Å². The third kappa shape index (κ3) is 5.07. The number of aromatic nitrogens is 2. The normalized spacial score (nSPS) is 14.4. The minimum Gasteiger partial charge on any atom is -0.497 e. The Morgan fingerprint density at radius 2 is 1.66 bits per heavy atom. The fourth-order valence-electron chi connectivity index (χ4n) is 3.98. The number of carbonyl (C=O) groups is 1. The van der Waals surface area contributed by atoms with Gasteiger partial charge in [0.25, 0.3) is 0 Å². The number of benzene rings is 2. The molecular formula is C26H30N4O2. The zero-order chi connectivity index (χ0) is 22.5. The summed E-state index contributed by atoms with van der Waals surface area (Å²) in [5.74, 6) is 2.27. The first-order valence-corrected chi connectivity index (χ1v) is 11.2. The molecule has 0 aliphatic carbocycles. The fraction of sp³-hybridized carbons (Fsp3) is 0.346. The van der Waals surface area contributed by atoms with Gasteiger partial charge >= 0.3 is 0 Å². The Bertz CT molecular complexity index is 1020. The molecule has 1 aliphatic heterocycles. The lowest BCUT2D eigenvalue weighted by Crippen LogP contribution is -2.38. The summed E-state index contributed by atoms with van der Waals surface area (Å²) >= 11 is 0. The molecule has 0 saturated carbocycles. The Hall–Kier alpha value is -3.41. The average molecular weight is 431 g/mol. The smallest absolute Gasteiger partial charge is 0.227 e. The van der Waals surface area contributed by atoms with Gasteiger partial charge in [-0.25, -0.2) is 0 Å². The number of nitrogens with one attached hydrogen (secondary N) is 1. The standard InChI is InChI=1S/C26H30N4O2/c1-18(2)19-4-8-22(9-5-19)27-26(31)21-14-16-30(17-15-21)25-13-12-24(28-29-25)20-6-10-23(32-3)11-7-20/h4-13,18,21H,14-17H2,1-3H3,(H,27,31). The van der Waals surface area contributed by atoms with Crippen LogP contribution in [0.1, 0.15) is 38.2 Å². The van der Waals surface area contributed by atoms with Gasteiger partial charge in [-0.3, -0.25) is 4.79 Å². The van der Waals surface area contributed by atoms with E-state index >= 15 is 0 Å². The van der Waals surface area contributed by atoms with E-state index in [2.05, 4.69) is 46.4 Å². The number of hydrogen-bond acceptors (Lipinski definition) is 5. The molecule has 4 rings (SSSR count). The second-order valence-electron chi connectivity index (χ2n) is 8.53. The van der Waals surface area contributed by atoms with Crippen molar-refractivity contribution in [1.82, 2.24) is 10.2 Å². The van der Waals surface area contributed by atoms with E-state index in [1.165, 1.54) is 5.56 Å². The number of rotatable bonds is 6. The van der Waals surface area contributed by atoms with Crippen LogP contribution in [0.2, 0.25) is 0 Å². The maximum absolute atomic E-state index is 12.7. The van der Waals surface area contributed by atoms with Crippen molar-refractivity contribution < 1.29 is 9.53 Å². The Labute approximate surface area is 189 Å². The van der Waals surface area contributed by atoms with Crippen LogP contribution in [0, 0.1) is 5.92 Å². The largest absolute Gasteiger partial charge is 0.497 e. The van der Waals surface area contributed by atoms with Crippen molar-refractivity contribution in [1.29, 1.82) is 0 Å². The van der Waals surface area contributed by atoms with Gasteiger partial charge < -0.3 is 15.0 Å². The molecule has 3 aromatic rings. The Kier molecular flexibility index (Phi) is 6.69. The first-order valence-electron chi connectivity index (χ1n) is 11.2. The van der Waals surface area contributed by atoms with Crippen LogP contribution in [0.15, 0.2) is 60.7 Å². The molecule has 1 aromatic heterocycles. The van der Waals surface area contributed by atoms with Gasteiger partial charge in [0, 0.05) is 30.3 Å². The fourth-order valence-corrected chi connectivity index (χ4v) is 3.98.